The lowest BCUT2D eigenvalue weighted by Crippen LogP contribution is -2.51. The molecular weight excluding hydrogens is 296 g/mol. The molecule has 3 rings (SSSR count). The Morgan fingerprint density at radius 3 is 2.46 bits per heavy atom. The van der Waals surface area contributed by atoms with Crippen molar-refractivity contribution in [3.05, 3.63) is 35.9 Å². The van der Waals surface area contributed by atoms with Crippen LogP contribution in [0.1, 0.15) is 57.9 Å². The summed E-state index contributed by atoms with van der Waals surface area (Å²) in [6.45, 7) is 6.13. The van der Waals surface area contributed by atoms with Gasteiger partial charge >= 0.3 is 0 Å². The molecule has 2 heterocycles. The zero-order valence-corrected chi connectivity index (χ0v) is 15.3. The first-order valence-electron chi connectivity index (χ1n) is 9.74. The molecule has 2 fully saturated rings. The lowest BCUT2D eigenvalue weighted by molar-refractivity contribution is -0.138. The van der Waals surface area contributed by atoms with Gasteiger partial charge in [-0.15, -0.1) is 0 Å². The number of carbonyl (C=O) groups is 1. The van der Waals surface area contributed by atoms with E-state index in [0.717, 1.165) is 25.8 Å². The standard InChI is InChI=1S/C21H32N2O/c1-17-8-6-9-18(2)23(17)21(24)16-22-15-7-12-20(22)14-13-19-10-4-3-5-11-19/h3-5,10-11,17-18,20H,6-9,12-16H2,1-2H3/t17-,18+,20-/m0/s1. The zero-order valence-electron chi connectivity index (χ0n) is 15.3. The molecule has 0 bridgehead atoms. The molecule has 0 saturated carbocycles. The molecule has 3 nitrogen and oxygen atoms in total. The van der Waals surface area contributed by atoms with Crippen molar-refractivity contribution in [1.82, 2.24) is 9.80 Å². The summed E-state index contributed by atoms with van der Waals surface area (Å²) in [4.78, 5) is 17.5. The first-order chi connectivity index (χ1) is 11.6. The number of hydrogen-bond acceptors (Lipinski definition) is 2. The van der Waals surface area contributed by atoms with Crippen LogP contribution < -0.4 is 0 Å². The van der Waals surface area contributed by atoms with E-state index in [1.54, 1.807) is 0 Å². The van der Waals surface area contributed by atoms with Crippen LogP contribution in [0, 0.1) is 0 Å². The van der Waals surface area contributed by atoms with Crippen molar-refractivity contribution in [2.24, 2.45) is 0 Å². The zero-order chi connectivity index (χ0) is 16.9. The molecule has 0 unspecified atom stereocenters. The van der Waals surface area contributed by atoms with Crippen LogP contribution in [0.4, 0.5) is 0 Å². The number of aryl methyl sites for hydroxylation is 1. The summed E-state index contributed by atoms with van der Waals surface area (Å²) in [7, 11) is 0. The monoisotopic (exact) mass is 328 g/mol. The van der Waals surface area contributed by atoms with Gasteiger partial charge < -0.3 is 4.90 Å². The Kier molecular flexibility index (Phi) is 5.94. The molecule has 2 aliphatic rings. The Labute approximate surface area is 147 Å². The smallest absolute Gasteiger partial charge is 0.237 e. The van der Waals surface area contributed by atoms with Gasteiger partial charge in [0, 0.05) is 18.1 Å². The summed E-state index contributed by atoms with van der Waals surface area (Å²) >= 11 is 0. The fourth-order valence-electron chi connectivity index (χ4n) is 4.58. The van der Waals surface area contributed by atoms with E-state index in [1.165, 1.54) is 31.2 Å². The van der Waals surface area contributed by atoms with Gasteiger partial charge in [-0.25, -0.2) is 0 Å². The third-order valence-electron chi connectivity index (χ3n) is 5.93. The van der Waals surface area contributed by atoms with Gasteiger partial charge in [0.2, 0.25) is 5.91 Å². The molecule has 24 heavy (non-hydrogen) atoms. The second-order valence-electron chi connectivity index (χ2n) is 7.72. The molecule has 3 atom stereocenters. The Morgan fingerprint density at radius 1 is 1.04 bits per heavy atom. The van der Waals surface area contributed by atoms with Crippen molar-refractivity contribution < 1.29 is 4.79 Å². The Hall–Kier alpha value is -1.35. The average Bonchev–Trinajstić information content (AvgIpc) is 3.01. The molecule has 3 heteroatoms. The summed E-state index contributed by atoms with van der Waals surface area (Å²) < 4.78 is 0. The van der Waals surface area contributed by atoms with Crippen molar-refractivity contribution >= 4 is 5.91 Å². The number of rotatable bonds is 5. The molecule has 1 aromatic rings. The van der Waals surface area contributed by atoms with E-state index in [4.69, 9.17) is 0 Å². The van der Waals surface area contributed by atoms with E-state index >= 15 is 0 Å². The van der Waals surface area contributed by atoms with E-state index < -0.39 is 0 Å². The summed E-state index contributed by atoms with van der Waals surface area (Å²) in [5.41, 5.74) is 1.41. The van der Waals surface area contributed by atoms with Crippen molar-refractivity contribution in [3.8, 4) is 0 Å². The minimum absolute atomic E-state index is 0.348. The highest BCUT2D eigenvalue weighted by atomic mass is 16.2. The lowest BCUT2D eigenvalue weighted by Gasteiger charge is -2.40. The second-order valence-corrected chi connectivity index (χ2v) is 7.72. The average molecular weight is 328 g/mol. The van der Waals surface area contributed by atoms with Crippen LogP contribution in [0.5, 0.6) is 0 Å². The Bertz CT molecular complexity index is 520. The maximum atomic E-state index is 12.9. The molecule has 132 valence electrons. The maximum absolute atomic E-state index is 12.9. The normalized spacial score (nSPS) is 28.2. The van der Waals surface area contributed by atoms with Crippen molar-refractivity contribution in [3.63, 3.8) is 0 Å². The Balaban J connectivity index is 1.54. The van der Waals surface area contributed by atoms with Gasteiger partial charge in [0.15, 0.2) is 0 Å². The van der Waals surface area contributed by atoms with Crippen molar-refractivity contribution in [1.29, 1.82) is 0 Å². The molecule has 2 saturated heterocycles. The highest BCUT2D eigenvalue weighted by molar-refractivity contribution is 5.79. The van der Waals surface area contributed by atoms with Gasteiger partial charge in [-0.1, -0.05) is 30.3 Å². The summed E-state index contributed by atoms with van der Waals surface area (Å²) in [6.07, 6.45) is 8.34. The van der Waals surface area contributed by atoms with Crippen LogP contribution in [0.2, 0.25) is 0 Å². The molecule has 0 aliphatic carbocycles. The summed E-state index contributed by atoms with van der Waals surface area (Å²) in [6, 6.07) is 12.1. The maximum Gasteiger partial charge on any atom is 0.237 e. The van der Waals surface area contributed by atoms with E-state index in [0.29, 0.717) is 30.6 Å². The SMILES string of the molecule is C[C@@H]1CCC[C@H](C)N1C(=O)CN1CCC[C@H]1CCc1ccccc1. The molecule has 2 aliphatic heterocycles. The molecular formula is C21H32N2O. The van der Waals surface area contributed by atoms with Crippen LogP contribution in [0.3, 0.4) is 0 Å². The number of benzene rings is 1. The van der Waals surface area contributed by atoms with Gasteiger partial charge in [-0.2, -0.15) is 0 Å². The van der Waals surface area contributed by atoms with E-state index in [2.05, 4.69) is 54.0 Å². The topological polar surface area (TPSA) is 23.6 Å². The second kappa shape index (κ2) is 8.15. The molecule has 0 N–H and O–H groups in total. The molecule has 0 spiro atoms. The quantitative estimate of drug-likeness (QED) is 0.819. The molecule has 0 radical (unpaired) electrons. The van der Waals surface area contributed by atoms with E-state index in [-0.39, 0.29) is 0 Å². The van der Waals surface area contributed by atoms with Crippen LogP contribution in [-0.2, 0) is 11.2 Å². The molecule has 1 amide bonds. The van der Waals surface area contributed by atoms with Gasteiger partial charge in [-0.3, -0.25) is 9.69 Å². The first-order valence-corrected chi connectivity index (χ1v) is 9.74. The number of likely N-dealkylation sites (tertiary alicyclic amines) is 2. The first kappa shape index (κ1) is 17.5. The number of nitrogens with zero attached hydrogens (tertiary/aromatic N) is 2. The number of carbonyl (C=O) groups excluding carboxylic acids is 1. The predicted octanol–water partition coefficient (Wildman–Crippen LogP) is 3.87. The number of amides is 1. The van der Waals surface area contributed by atoms with Crippen LogP contribution in [0.15, 0.2) is 30.3 Å². The predicted molar refractivity (Wildman–Crippen MR) is 99.0 cm³/mol. The third-order valence-corrected chi connectivity index (χ3v) is 5.93. The number of hydrogen-bond donors (Lipinski definition) is 0. The molecule has 1 aromatic carbocycles. The minimum atomic E-state index is 0.348. The third kappa shape index (κ3) is 4.18. The van der Waals surface area contributed by atoms with Gasteiger partial charge in [0.05, 0.1) is 6.54 Å². The lowest BCUT2D eigenvalue weighted by atomic mass is 9.97. The molecule has 0 aromatic heterocycles. The number of piperidine rings is 1. The highest BCUT2D eigenvalue weighted by Gasteiger charge is 2.32. The van der Waals surface area contributed by atoms with Gasteiger partial charge in [0.1, 0.15) is 0 Å². The summed E-state index contributed by atoms with van der Waals surface area (Å²) in [5, 5.41) is 0. The van der Waals surface area contributed by atoms with Crippen LogP contribution in [0.25, 0.3) is 0 Å². The fourth-order valence-corrected chi connectivity index (χ4v) is 4.58. The largest absolute Gasteiger partial charge is 0.336 e. The van der Waals surface area contributed by atoms with Crippen LogP contribution in [-0.4, -0.2) is 46.9 Å². The van der Waals surface area contributed by atoms with E-state index in [1.807, 2.05) is 0 Å². The summed E-state index contributed by atoms with van der Waals surface area (Å²) in [5.74, 6) is 0.348. The van der Waals surface area contributed by atoms with Gasteiger partial charge in [-0.05, 0) is 70.9 Å². The van der Waals surface area contributed by atoms with Crippen molar-refractivity contribution in [2.75, 3.05) is 13.1 Å². The van der Waals surface area contributed by atoms with Crippen LogP contribution >= 0.6 is 0 Å². The van der Waals surface area contributed by atoms with Crippen molar-refractivity contribution in [2.45, 2.75) is 76.9 Å². The van der Waals surface area contributed by atoms with Gasteiger partial charge in [0.25, 0.3) is 0 Å². The highest BCUT2D eigenvalue weighted by Crippen LogP contribution is 2.25. The Morgan fingerprint density at radius 2 is 1.75 bits per heavy atom. The minimum Gasteiger partial charge on any atom is -0.336 e. The fraction of sp³-hybridized carbons (Fsp3) is 0.667. The van der Waals surface area contributed by atoms with E-state index in [9.17, 15) is 4.79 Å².